The fourth-order valence-corrected chi connectivity index (χ4v) is 0.710. The Kier molecular flexibility index (Phi) is 6.20. The molecule has 0 amide bonds. The summed E-state index contributed by atoms with van der Waals surface area (Å²) >= 11 is 0. The molecule has 0 atom stereocenters. The summed E-state index contributed by atoms with van der Waals surface area (Å²) in [4.78, 5) is 0. The molecular weight excluding hydrogens is 184 g/mol. The van der Waals surface area contributed by atoms with Crippen LogP contribution in [-0.4, -0.2) is 17.4 Å². The molecule has 0 aliphatic carbocycles. The zero-order valence-electron chi connectivity index (χ0n) is 7.77. The zero-order chi connectivity index (χ0) is 8.27. The van der Waals surface area contributed by atoms with Crippen molar-refractivity contribution in [2.45, 2.75) is 0 Å². The summed E-state index contributed by atoms with van der Waals surface area (Å²) in [5, 5.41) is 16.8. The Morgan fingerprint density at radius 3 is 2.58 bits per heavy atom. The van der Waals surface area contributed by atoms with Crippen molar-refractivity contribution in [3.05, 3.63) is 24.3 Å². The number of anilines is 1. The fraction of sp³-hybridized carbons (Fsp3) is 0. The molecule has 0 aromatic heterocycles. The molecule has 0 saturated heterocycles. The summed E-state index contributed by atoms with van der Waals surface area (Å²) in [5.41, 5.74) is 5.91. The van der Waals surface area contributed by atoms with Gasteiger partial charge in [-0.05, 0) is 12.1 Å². The van der Waals surface area contributed by atoms with Crippen LogP contribution in [0.5, 0.6) is 5.75 Å². The predicted octanol–water partition coefficient (Wildman–Crippen LogP) is -3.27. The predicted molar refractivity (Wildman–Crippen MR) is 42.8 cm³/mol. The van der Waals surface area contributed by atoms with Gasteiger partial charge in [-0.2, -0.15) is 0 Å². The molecule has 1 aromatic rings. The smallest absolute Gasteiger partial charge is 1.00 e. The molecule has 12 heavy (non-hydrogen) atoms. The van der Waals surface area contributed by atoms with Crippen molar-refractivity contribution in [1.82, 2.24) is 0 Å². The molecule has 1 aromatic carbocycles. The molecule has 0 aliphatic rings. The third-order valence-corrected chi connectivity index (χ3v) is 1.10. The van der Waals surface area contributed by atoms with E-state index in [1.807, 2.05) is 0 Å². The van der Waals surface area contributed by atoms with Crippen LogP contribution < -0.4 is 61.8 Å². The SMILES string of the molecule is Nc1cccc(OB(O)O)c1.[H-].[K+]. The van der Waals surface area contributed by atoms with Crippen molar-refractivity contribution in [3.8, 4) is 5.75 Å². The van der Waals surface area contributed by atoms with E-state index >= 15 is 0 Å². The summed E-state index contributed by atoms with van der Waals surface area (Å²) in [7, 11) is -1.79. The normalized spacial score (nSPS) is 8.50. The topological polar surface area (TPSA) is 75.7 Å². The summed E-state index contributed by atoms with van der Waals surface area (Å²) in [6.07, 6.45) is 0. The Bertz CT molecular complexity index is 251. The molecule has 0 heterocycles. The van der Waals surface area contributed by atoms with Gasteiger partial charge in [0.25, 0.3) is 0 Å². The fourth-order valence-electron chi connectivity index (χ4n) is 0.710. The molecular formula is C6H9BKNO3. The molecule has 0 aliphatic heterocycles. The minimum absolute atomic E-state index is 0. The van der Waals surface area contributed by atoms with E-state index in [0.717, 1.165) is 0 Å². The minimum atomic E-state index is -1.79. The molecule has 0 fully saturated rings. The average molecular weight is 193 g/mol. The van der Waals surface area contributed by atoms with Gasteiger partial charge in [-0.25, -0.2) is 0 Å². The summed E-state index contributed by atoms with van der Waals surface area (Å²) in [5.74, 6) is 0.333. The van der Waals surface area contributed by atoms with Gasteiger partial charge in [0.15, 0.2) is 0 Å². The number of benzene rings is 1. The van der Waals surface area contributed by atoms with Crippen LogP contribution in [0.25, 0.3) is 0 Å². The summed E-state index contributed by atoms with van der Waals surface area (Å²) < 4.78 is 4.53. The molecule has 0 radical (unpaired) electrons. The van der Waals surface area contributed by atoms with Gasteiger partial charge in [-0.3, -0.25) is 0 Å². The van der Waals surface area contributed by atoms with Crippen molar-refractivity contribution in [1.29, 1.82) is 0 Å². The number of hydrogen-bond acceptors (Lipinski definition) is 4. The minimum Gasteiger partial charge on any atom is -1.00 e. The van der Waals surface area contributed by atoms with E-state index in [1.54, 1.807) is 18.2 Å². The first kappa shape index (κ1) is 12.4. The van der Waals surface area contributed by atoms with Crippen LogP contribution in [0.1, 0.15) is 1.43 Å². The van der Waals surface area contributed by atoms with Gasteiger partial charge in [0.2, 0.25) is 0 Å². The Hall–Kier alpha value is 0.441. The van der Waals surface area contributed by atoms with Crippen LogP contribution >= 0.6 is 0 Å². The third-order valence-electron chi connectivity index (χ3n) is 1.10. The molecule has 0 bridgehead atoms. The molecule has 0 saturated carbocycles. The van der Waals surface area contributed by atoms with Gasteiger partial charge in [0.1, 0.15) is 5.75 Å². The van der Waals surface area contributed by atoms with Crippen LogP contribution in [-0.2, 0) is 0 Å². The zero-order valence-corrected chi connectivity index (χ0v) is 9.89. The van der Waals surface area contributed by atoms with Crippen LogP contribution in [0.2, 0.25) is 0 Å². The Labute approximate surface area is 115 Å². The van der Waals surface area contributed by atoms with Crippen molar-refractivity contribution in [2.75, 3.05) is 5.73 Å². The molecule has 6 heteroatoms. The maximum absolute atomic E-state index is 8.39. The maximum atomic E-state index is 8.39. The second-order valence-electron chi connectivity index (χ2n) is 2.02. The number of hydrogen-bond donors (Lipinski definition) is 3. The van der Waals surface area contributed by atoms with Gasteiger partial charge in [0.05, 0.1) is 0 Å². The molecule has 4 nitrogen and oxygen atoms in total. The average Bonchev–Trinajstić information content (AvgIpc) is 1.85. The third kappa shape index (κ3) is 4.46. The largest absolute Gasteiger partial charge is 1.00 e. The second kappa shape index (κ2) is 5.98. The van der Waals surface area contributed by atoms with Crippen molar-refractivity contribution < 1.29 is 67.5 Å². The van der Waals surface area contributed by atoms with Gasteiger partial charge in [0, 0.05) is 11.8 Å². The quantitative estimate of drug-likeness (QED) is 0.340. The second-order valence-corrected chi connectivity index (χ2v) is 2.02. The first-order chi connectivity index (χ1) is 5.18. The van der Waals surface area contributed by atoms with E-state index in [1.165, 1.54) is 6.07 Å². The van der Waals surface area contributed by atoms with E-state index in [9.17, 15) is 0 Å². The molecule has 1 rings (SSSR count). The van der Waals surface area contributed by atoms with E-state index in [4.69, 9.17) is 15.8 Å². The summed E-state index contributed by atoms with van der Waals surface area (Å²) in [6, 6.07) is 6.42. The Morgan fingerprint density at radius 2 is 2.08 bits per heavy atom. The van der Waals surface area contributed by atoms with Gasteiger partial charge in [-0.1, -0.05) is 6.07 Å². The first-order valence-corrected chi connectivity index (χ1v) is 3.07. The van der Waals surface area contributed by atoms with E-state index in [-0.39, 0.29) is 52.8 Å². The summed E-state index contributed by atoms with van der Waals surface area (Å²) in [6.45, 7) is 0. The molecule has 60 valence electrons. The van der Waals surface area contributed by atoms with Crippen LogP contribution in [0, 0.1) is 0 Å². The first-order valence-electron chi connectivity index (χ1n) is 3.07. The molecule has 0 spiro atoms. The van der Waals surface area contributed by atoms with Gasteiger partial charge < -0.3 is 21.9 Å². The number of nitrogens with two attached hydrogens (primary N) is 1. The van der Waals surface area contributed by atoms with Crippen molar-refractivity contribution in [2.24, 2.45) is 0 Å². The van der Waals surface area contributed by atoms with Gasteiger partial charge in [-0.15, -0.1) is 0 Å². The van der Waals surface area contributed by atoms with Crippen LogP contribution in [0.4, 0.5) is 5.69 Å². The molecule has 4 N–H and O–H groups in total. The molecule has 0 unspecified atom stereocenters. The van der Waals surface area contributed by atoms with E-state index in [0.29, 0.717) is 11.4 Å². The van der Waals surface area contributed by atoms with E-state index in [2.05, 4.69) is 4.65 Å². The number of nitrogen functional groups attached to an aromatic ring is 1. The van der Waals surface area contributed by atoms with E-state index < -0.39 is 7.32 Å². The number of rotatable bonds is 2. The van der Waals surface area contributed by atoms with Crippen molar-refractivity contribution >= 4 is 13.0 Å². The Balaban J connectivity index is 0. The standard InChI is InChI=1S/C6H8BNO3.K.H/c8-5-2-1-3-6(4-5)11-7(9)10;;/h1-4,9-10H,8H2;;/q;+1;-1. The van der Waals surface area contributed by atoms with Crippen LogP contribution in [0.15, 0.2) is 24.3 Å². The monoisotopic (exact) mass is 193 g/mol. The van der Waals surface area contributed by atoms with Crippen molar-refractivity contribution in [3.63, 3.8) is 0 Å². The van der Waals surface area contributed by atoms with Gasteiger partial charge >= 0.3 is 58.7 Å². The van der Waals surface area contributed by atoms with Crippen LogP contribution in [0.3, 0.4) is 0 Å². The Morgan fingerprint density at radius 1 is 1.42 bits per heavy atom. The maximum Gasteiger partial charge on any atom is 1.00 e.